The second-order valence-electron chi connectivity index (χ2n) is 5.39. The summed E-state index contributed by atoms with van der Waals surface area (Å²) in [7, 11) is 0. The predicted octanol–water partition coefficient (Wildman–Crippen LogP) is 3.43. The van der Waals surface area contributed by atoms with Crippen molar-refractivity contribution >= 4 is 11.6 Å². The van der Waals surface area contributed by atoms with Crippen LogP contribution >= 0.6 is 11.6 Å². The molecule has 1 N–H and O–H groups in total. The van der Waals surface area contributed by atoms with Gasteiger partial charge in [-0.25, -0.2) is 0 Å². The van der Waals surface area contributed by atoms with Crippen LogP contribution in [0, 0.1) is 12.3 Å². The van der Waals surface area contributed by atoms with Crippen molar-refractivity contribution in [2.75, 3.05) is 19.6 Å². The summed E-state index contributed by atoms with van der Waals surface area (Å²) in [4.78, 5) is 4.32. The highest BCUT2D eigenvalue weighted by Gasteiger charge is 2.17. The number of halogens is 1. The van der Waals surface area contributed by atoms with Crippen LogP contribution in [-0.4, -0.2) is 40.6 Å². The van der Waals surface area contributed by atoms with Gasteiger partial charge in [-0.2, -0.15) is 0 Å². The van der Waals surface area contributed by atoms with Gasteiger partial charge in [-0.1, -0.05) is 29.7 Å². The molecule has 0 bridgehead atoms. The lowest BCUT2D eigenvalue weighted by Crippen LogP contribution is -2.38. The van der Waals surface area contributed by atoms with Gasteiger partial charge < -0.3 is 10.0 Å². The number of benzene rings is 1. The van der Waals surface area contributed by atoms with Crippen molar-refractivity contribution in [1.29, 1.82) is 0 Å². The van der Waals surface area contributed by atoms with Crippen LogP contribution in [0.5, 0.6) is 0 Å². The number of aliphatic hydroxyl groups is 1. The first-order chi connectivity index (χ1) is 10.6. The number of nitrogens with zero attached hydrogens (tertiary/aromatic N) is 2. The molecule has 1 atom stereocenters. The lowest BCUT2D eigenvalue weighted by molar-refractivity contribution is 0.202. The van der Waals surface area contributed by atoms with Crippen molar-refractivity contribution in [2.24, 2.45) is 0 Å². The van der Waals surface area contributed by atoms with Crippen LogP contribution in [0.4, 0.5) is 0 Å². The lowest BCUT2D eigenvalue weighted by Gasteiger charge is -2.31. The van der Waals surface area contributed by atoms with Gasteiger partial charge in [-0.15, -0.1) is 6.42 Å². The van der Waals surface area contributed by atoms with Crippen LogP contribution in [0.1, 0.15) is 12.5 Å². The van der Waals surface area contributed by atoms with E-state index in [4.69, 9.17) is 18.0 Å². The Hall–Kier alpha value is -1.89. The number of hydrogen-bond donors (Lipinski definition) is 1. The van der Waals surface area contributed by atoms with Crippen LogP contribution < -0.4 is 0 Å². The standard InChI is InChI=1S/C18H21ClN2O/c1-3-10-20(14-16-6-8-17(19)9-7-16)12-13-21-11-4-5-18(22)15(21)2/h1,4-9,11,15,22H,10,12-14H2,2H3. The Labute approximate surface area is 137 Å². The van der Waals surface area contributed by atoms with Gasteiger partial charge in [-0.05, 0) is 43.0 Å². The Morgan fingerprint density at radius 1 is 1.36 bits per heavy atom. The largest absolute Gasteiger partial charge is 0.510 e. The highest BCUT2D eigenvalue weighted by Crippen LogP contribution is 2.15. The molecule has 0 saturated carbocycles. The zero-order valence-corrected chi connectivity index (χ0v) is 13.5. The zero-order chi connectivity index (χ0) is 15.9. The van der Waals surface area contributed by atoms with Crippen LogP contribution in [0.25, 0.3) is 0 Å². The molecule has 0 saturated heterocycles. The van der Waals surface area contributed by atoms with Gasteiger partial charge in [0, 0.05) is 24.7 Å². The van der Waals surface area contributed by atoms with E-state index in [1.807, 2.05) is 43.5 Å². The smallest absolute Gasteiger partial charge is 0.114 e. The maximum Gasteiger partial charge on any atom is 0.114 e. The highest BCUT2D eigenvalue weighted by atomic mass is 35.5. The van der Waals surface area contributed by atoms with E-state index < -0.39 is 0 Å². The molecule has 0 spiro atoms. The minimum atomic E-state index is 0.00761. The van der Waals surface area contributed by atoms with E-state index in [2.05, 4.69) is 15.7 Å². The molecule has 0 radical (unpaired) electrons. The molecule has 0 aromatic heterocycles. The molecule has 2 rings (SSSR count). The number of aliphatic hydroxyl groups excluding tert-OH is 1. The Balaban J connectivity index is 1.92. The summed E-state index contributed by atoms with van der Waals surface area (Å²) in [5.41, 5.74) is 1.18. The fourth-order valence-electron chi connectivity index (χ4n) is 2.41. The maximum atomic E-state index is 9.79. The summed E-state index contributed by atoms with van der Waals surface area (Å²) in [5, 5.41) is 10.5. The molecule has 1 heterocycles. The van der Waals surface area contributed by atoms with E-state index in [1.165, 1.54) is 5.56 Å². The zero-order valence-electron chi connectivity index (χ0n) is 12.7. The molecule has 1 aromatic rings. The average molecular weight is 317 g/mol. The molecule has 1 unspecified atom stereocenters. The summed E-state index contributed by atoms with van der Waals surface area (Å²) in [5.74, 6) is 3.10. The number of rotatable bonds is 6. The Morgan fingerprint density at radius 3 is 2.77 bits per heavy atom. The molecule has 3 nitrogen and oxygen atoms in total. The summed E-state index contributed by atoms with van der Waals surface area (Å²) < 4.78 is 0. The van der Waals surface area contributed by atoms with E-state index >= 15 is 0 Å². The molecule has 0 fully saturated rings. The SMILES string of the molecule is C#CCN(CCN1C=CC=C(O)C1C)Cc1ccc(Cl)cc1. The first kappa shape index (κ1) is 16.5. The van der Waals surface area contributed by atoms with Crippen molar-refractivity contribution in [1.82, 2.24) is 9.80 Å². The molecule has 116 valence electrons. The van der Waals surface area contributed by atoms with Crippen LogP contribution in [0.2, 0.25) is 5.02 Å². The minimum Gasteiger partial charge on any atom is -0.510 e. The van der Waals surface area contributed by atoms with E-state index in [9.17, 15) is 5.11 Å². The average Bonchev–Trinajstić information content (AvgIpc) is 2.51. The second-order valence-corrected chi connectivity index (χ2v) is 5.82. The molecular formula is C18H21ClN2O. The molecule has 4 heteroatoms. The van der Waals surface area contributed by atoms with Crippen molar-refractivity contribution < 1.29 is 5.11 Å². The monoisotopic (exact) mass is 316 g/mol. The fourth-order valence-corrected chi connectivity index (χ4v) is 2.53. The third-order valence-corrected chi connectivity index (χ3v) is 4.03. The molecule has 1 aromatic carbocycles. The van der Waals surface area contributed by atoms with Gasteiger partial charge in [0.1, 0.15) is 5.76 Å². The van der Waals surface area contributed by atoms with Gasteiger partial charge in [0.25, 0.3) is 0 Å². The number of terminal acetylenes is 1. The van der Waals surface area contributed by atoms with Gasteiger partial charge >= 0.3 is 0 Å². The van der Waals surface area contributed by atoms with Crippen LogP contribution in [-0.2, 0) is 6.54 Å². The van der Waals surface area contributed by atoms with E-state index in [0.717, 1.165) is 24.7 Å². The fraction of sp³-hybridized carbons (Fsp3) is 0.333. The number of allylic oxidation sites excluding steroid dienone is 2. The first-order valence-corrected chi connectivity index (χ1v) is 7.71. The summed E-state index contributed by atoms with van der Waals surface area (Å²) in [6.07, 6.45) is 11.1. The van der Waals surface area contributed by atoms with E-state index in [0.29, 0.717) is 12.3 Å². The molecular weight excluding hydrogens is 296 g/mol. The van der Waals surface area contributed by atoms with Crippen molar-refractivity contribution in [2.45, 2.75) is 19.5 Å². The topological polar surface area (TPSA) is 26.7 Å². The number of hydrogen-bond acceptors (Lipinski definition) is 3. The first-order valence-electron chi connectivity index (χ1n) is 7.33. The van der Waals surface area contributed by atoms with E-state index in [1.54, 1.807) is 6.08 Å². The normalized spacial score (nSPS) is 17.5. The molecule has 1 aliphatic rings. The third-order valence-electron chi connectivity index (χ3n) is 3.78. The van der Waals surface area contributed by atoms with Crippen molar-refractivity contribution in [3.8, 4) is 12.3 Å². The third kappa shape index (κ3) is 4.56. The lowest BCUT2D eigenvalue weighted by atomic mass is 10.1. The molecule has 22 heavy (non-hydrogen) atoms. The van der Waals surface area contributed by atoms with Gasteiger partial charge in [0.2, 0.25) is 0 Å². The summed E-state index contributed by atoms with van der Waals surface area (Å²) >= 11 is 5.91. The van der Waals surface area contributed by atoms with Crippen LogP contribution in [0.3, 0.4) is 0 Å². The van der Waals surface area contributed by atoms with Crippen LogP contribution in [0.15, 0.2) is 48.4 Å². The highest BCUT2D eigenvalue weighted by molar-refractivity contribution is 6.30. The Bertz CT molecular complexity index is 586. The molecule has 1 aliphatic heterocycles. The predicted molar refractivity (Wildman–Crippen MR) is 91.6 cm³/mol. The quantitative estimate of drug-likeness (QED) is 0.815. The van der Waals surface area contributed by atoms with E-state index in [-0.39, 0.29) is 6.04 Å². The molecule has 0 amide bonds. The summed E-state index contributed by atoms with van der Waals surface area (Å²) in [6, 6.07) is 7.83. The Kier molecular flexibility index (Phi) is 5.94. The van der Waals surface area contributed by atoms with Crippen molar-refractivity contribution in [3.05, 3.63) is 59.0 Å². The molecule has 0 aliphatic carbocycles. The second kappa shape index (κ2) is 7.93. The van der Waals surface area contributed by atoms with Gasteiger partial charge in [0.15, 0.2) is 0 Å². The minimum absolute atomic E-state index is 0.00761. The van der Waals surface area contributed by atoms with Gasteiger partial charge in [0.05, 0.1) is 12.6 Å². The van der Waals surface area contributed by atoms with Gasteiger partial charge in [-0.3, -0.25) is 4.90 Å². The maximum absolute atomic E-state index is 9.79. The Morgan fingerprint density at radius 2 is 2.09 bits per heavy atom. The summed E-state index contributed by atoms with van der Waals surface area (Å²) in [6.45, 7) is 5.01. The van der Waals surface area contributed by atoms with Crippen molar-refractivity contribution in [3.63, 3.8) is 0 Å².